The second kappa shape index (κ2) is 12.8. The van der Waals surface area contributed by atoms with E-state index in [0.717, 1.165) is 69.1 Å². The molecule has 0 spiro atoms. The summed E-state index contributed by atoms with van der Waals surface area (Å²) < 4.78 is 0. The van der Waals surface area contributed by atoms with Crippen molar-refractivity contribution in [2.45, 2.75) is 85.2 Å². The van der Waals surface area contributed by atoms with E-state index >= 15 is 0 Å². The minimum Gasteiger partial charge on any atom is -0.320 e. The van der Waals surface area contributed by atoms with Crippen LogP contribution in [0.25, 0.3) is 11.1 Å². The summed E-state index contributed by atoms with van der Waals surface area (Å²) in [6, 6.07) is 16.5. The minimum absolute atomic E-state index is 0.00846. The van der Waals surface area contributed by atoms with E-state index in [2.05, 4.69) is 46.6 Å². The van der Waals surface area contributed by atoms with Gasteiger partial charge in [0.25, 0.3) is 5.91 Å². The number of carbonyl (C=O) groups excluding carboxylic acids is 2. The van der Waals surface area contributed by atoms with Gasteiger partial charge in [0.15, 0.2) is 5.78 Å². The summed E-state index contributed by atoms with van der Waals surface area (Å²) in [6.45, 7) is 8.98. The number of Topliss-reactive ketones (excluding diaryl/α,β-unsaturated/α-hetero) is 1. The van der Waals surface area contributed by atoms with E-state index in [1.165, 1.54) is 37.7 Å². The molecule has 44 heavy (non-hydrogen) atoms. The highest BCUT2D eigenvalue weighted by molar-refractivity contribution is 6.04. The summed E-state index contributed by atoms with van der Waals surface area (Å²) in [5.41, 5.74) is 11.3. The van der Waals surface area contributed by atoms with Gasteiger partial charge < -0.3 is 10.6 Å². The number of rotatable bonds is 12. The Hall–Kier alpha value is -4.16. The third-order valence-electron chi connectivity index (χ3n) is 9.30. The summed E-state index contributed by atoms with van der Waals surface area (Å²) in [6.07, 6.45) is 11.4. The lowest BCUT2D eigenvalue weighted by Gasteiger charge is -2.16. The maximum absolute atomic E-state index is 13.3. The molecule has 2 fully saturated rings. The number of nitrogens with one attached hydrogen (secondary N) is 2. The highest BCUT2D eigenvalue weighted by atomic mass is 16.2. The van der Waals surface area contributed by atoms with Crippen LogP contribution in [0.15, 0.2) is 60.9 Å². The van der Waals surface area contributed by atoms with E-state index in [-0.39, 0.29) is 18.1 Å². The van der Waals surface area contributed by atoms with E-state index in [1.807, 2.05) is 62.6 Å². The van der Waals surface area contributed by atoms with Gasteiger partial charge in [0.2, 0.25) is 0 Å². The van der Waals surface area contributed by atoms with Gasteiger partial charge in [0.05, 0.1) is 0 Å². The largest absolute Gasteiger partial charge is 0.320 e. The van der Waals surface area contributed by atoms with Crippen molar-refractivity contribution in [3.05, 3.63) is 111 Å². The fraction of sp³-hybridized carbons (Fsp3) is 0.368. The highest BCUT2D eigenvalue weighted by Crippen LogP contribution is 2.34. The second-order valence-electron chi connectivity index (χ2n) is 12.8. The lowest BCUT2D eigenvalue weighted by atomic mass is 9.91. The Bertz CT molecular complexity index is 1590. The number of anilines is 1. The van der Waals surface area contributed by atoms with Gasteiger partial charge in [0, 0.05) is 37.1 Å². The molecule has 2 saturated carbocycles. The number of hydrogen-bond acceptors (Lipinski definition) is 5. The zero-order valence-electron chi connectivity index (χ0n) is 26.3. The van der Waals surface area contributed by atoms with Crippen LogP contribution in [-0.2, 0) is 19.4 Å². The Kier molecular flexibility index (Phi) is 8.72. The smallest absolute Gasteiger partial charge is 0.274 e. The van der Waals surface area contributed by atoms with Gasteiger partial charge in [-0.1, -0.05) is 43.2 Å². The van der Waals surface area contributed by atoms with Crippen LogP contribution in [0.4, 0.5) is 5.69 Å². The molecule has 4 aromatic rings. The minimum atomic E-state index is -0.213. The van der Waals surface area contributed by atoms with Crippen LogP contribution in [0, 0.1) is 33.6 Å². The van der Waals surface area contributed by atoms with Crippen LogP contribution in [-0.4, -0.2) is 27.7 Å². The zero-order chi connectivity index (χ0) is 30.8. The van der Waals surface area contributed by atoms with Crippen LogP contribution < -0.4 is 10.6 Å². The van der Waals surface area contributed by atoms with Gasteiger partial charge in [-0.2, -0.15) is 0 Å². The fourth-order valence-electron chi connectivity index (χ4n) is 5.88. The molecule has 6 heteroatoms. The monoisotopic (exact) mass is 586 g/mol. The second-order valence-corrected chi connectivity index (χ2v) is 12.8. The van der Waals surface area contributed by atoms with Gasteiger partial charge >= 0.3 is 0 Å². The van der Waals surface area contributed by atoms with Crippen molar-refractivity contribution in [1.29, 1.82) is 0 Å². The number of benzene rings is 2. The van der Waals surface area contributed by atoms with Crippen LogP contribution in [0.1, 0.15) is 92.0 Å². The first-order chi connectivity index (χ1) is 21.3. The van der Waals surface area contributed by atoms with E-state index < -0.39 is 0 Å². The number of aromatic nitrogens is 2. The average Bonchev–Trinajstić information content (AvgIpc) is 3.94. The molecule has 0 radical (unpaired) electrons. The van der Waals surface area contributed by atoms with E-state index in [0.29, 0.717) is 17.4 Å². The molecule has 0 aliphatic heterocycles. The van der Waals surface area contributed by atoms with Crippen molar-refractivity contribution >= 4 is 17.4 Å². The van der Waals surface area contributed by atoms with E-state index in [9.17, 15) is 9.59 Å². The van der Waals surface area contributed by atoms with Gasteiger partial charge in [-0.25, -0.2) is 0 Å². The first-order valence-corrected chi connectivity index (χ1v) is 15.9. The van der Waals surface area contributed by atoms with Crippen molar-refractivity contribution in [3.8, 4) is 11.1 Å². The predicted molar refractivity (Wildman–Crippen MR) is 176 cm³/mol. The van der Waals surface area contributed by atoms with Crippen LogP contribution in [0.5, 0.6) is 0 Å². The normalized spacial score (nSPS) is 14.5. The quantitative estimate of drug-likeness (QED) is 0.167. The Labute approximate surface area is 260 Å². The van der Waals surface area contributed by atoms with Crippen LogP contribution in [0.3, 0.4) is 0 Å². The Balaban J connectivity index is 1.16. The number of amides is 1. The number of ketones is 1. The number of carbonyl (C=O) groups is 2. The molecule has 2 N–H and O–H groups in total. The molecule has 2 aromatic carbocycles. The third-order valence-corrected chi connectivity index (χ3v) is 9.30. The number of pyridine rings is 2. The number of nitrogens with zero attached hydrogens (tertiary/aromatic N) is 2. The average molecular weight is 587 g/mol. The van der Waals surface area contributed by atoms with Crippen molar-refractivity contribution < 1.29 is 9.59 Å². The Morgan fingerprint density at radius 2 is 1.43 bits per heavy atom. The van der Waals surface area contributed by atoms with Gasteiger partial charge in [-0.05, 0) is 128 Å². The fourth-order valence-corrected chi connectivity index (χ4v) is 5.88. The molecule has 0 atom stereocenters. The Morgan fingerprint density at radius 3 is 2.14 bits per heavy atom. The van der Waals surface area contributed by atoms with E-state index in [1.54, 1.807) is 0 Å². The van der Waals surface area contributed by atoms with Crippen LogP contribution >= 0.6 is 0 Å². The molecule has 2 aliphatic carbocycles. The number of hydrogen-bond donors (Lipinski definition) is 2. The first-order valence-electron chi connectivity index (χ1n) is 15.9. The summed E-state index contributed by atoms with van der Waals surface area (Å²) in [5.74, 6) is 0.666. The molecule has 0 saturated heterocycles. The molecule has 6 rings (SSSR count). The topological polar surface area (TPSA) is 84.0 Å². The molecule has 2 heterocycles. The maximum atomic E-state index is 13.3. The van der Waals surface area contributed by atoms with Crippen molar-refractivity contribution in [2.75, 3.05) is 5.32 Å². The lowest BCUT2D eigenvalue weighted by molar-refractivity contribution is 0.0986. The van der Waals surface area contributed by atoms with Crippen LogP contribution in [0.2, 0.25) is 0 Å². The van der Waals surface area contributed by atoms with Gasteiger partial charge in [0.1, 0.15) is 11.4 Å². The first kappa shape index (κ1) is 29.9. The van der Waals surface area contributed by atoms with Gasteiger partial charge in [-0.3, -0.25) is 19.6 Å². The third kappa shape index (κ3) is 6.97. The van der Waals surface area contributed by atoms with Crippen molar-refractivity contribution in [3.63, 3.8) is 0 Å². The standard InChI is InChI=1S/C38H42N4O2/c1-23-18-36(41-20-29(23)14-13-27-11-12-27)38(44)42-34-10-6-9-33(26(34)4)32-8-5-7-28(25(32)3)19-37(43)35-17-24(2)30(22-40-35)21-39-31-15-16-31/h5-10,17-18,20,22,27,31,39H,11-16,19,21H2,1-4H3,(H,42,44). The summed E-state index contributed by atoms with van der Waals surface area (Å²) >= 11 is 0. The zero-order valence-corrected chi connectivity index (χ0v) is 26.3. The van der Waals surface area contributed by atoms with E-state index in [4.69, 9.17) is 0 Å². The molecule has 6 nitrogen and oxygen atoms in total. The van der Waals surface area contributed by atoms with Crippen molar-refractivity contribution in [2.24, 2.45) is 5.92 Å². The lowest BCUT2D eigenvalue weighted by Crippen LogP contribution is -2.17. The molecular formula is C38H42N4O2. The molecular weight excluding hydrogens is 544 g/mol. The molecule has 0 unspecified atom stereocenters. The van der Waals surface area contributed by atoms with Gasteiger partial charge in [-0.15, -0.1) is 0 Å². The summed E-state index contributed by atoms with van der Waals surface area (Å²) in [5, 5.41) is 6.61. The molecule has 226 valence electrons. The predicted octanol–water partition coefficient (Wildman–Crippen LogP) is 7.65. The number of aryl methyl sites for hydroxylation is 3. The van der Waals surface area contributed by atoms with Crippen molar-refractivity contribution in [1.82, 2.24) is 15.3 Å². The summed E-state index contributed by atoms with van der Waals surface area (Å²) in [4.78, 5) is 35.6. The molecule has 0 bridgehead atoms. The SMILES string of the molecule is Cc1cc(C(=O)Nc2cccc(-c3cccc(CC(=O)c4cc(C)c(CNC5CC5)cn4)c3C)c2C)ncc1CCC1CC1. The molecule has 2 aromatic heterocycles. The maximum Gasteiger partial charge on any atom is 0.274 e. The Morgan fingerprint density at radius 1 is 0.773 bits per heavy atom. The highest BCUT2D eigenvalue weighted by Gasteiger charge is 2.22. The molecule has 2 aliphatic rings. The molecule has 1 amide bonds. The summed E-state index contributed by atoms with van der Waals surface area (Å²) in [7, 11) is 0.